The summed E-state index contributed by atoms with van der Waals surface area (Å²) in [5.41, 5.74) is 5.78. The number of hydrogen-bond donors (Lipinski definition) is 2. The van der Waals surface area contributed by atoms with Crippen LogP contribution in [0.2, 0.25) is 0 Å². The molecule has 0 aliphatic rings. The van der Waals surface area contributed by atoms with Crippen molar-refractivity contribution >= 4 is 21.5 Å². The Morgan fingerprint density at radius 1 is 1.26 bits per heavy atom. The molecule has 2 aromatic heterocycles. The quantitative estimate of drug-likeness (QED) is 0.860. The van der Waals surface area contributed by atoms with Gasteiger partial charge in [0.15, 0.2) is 0 Å². The molecule has 0 aliphatic carbocycles. The van der Waals surface area contributed by atoms with Gasteiger partial charge in [0, 0.05) is 18.3 Å². The highest BCUT2D eigenvalue weighted by molar-refractivity contribution is 7.92. The van der Waals surface area contributed by atoms with Crippen LogP contribution < -0.4 is 15.2 Å². The van der Waals surface area contributed by atoms with Crippen LogP contribution in [0.25, 0.3) is 0 Å². The van der Waals surface area contributed by atoms with E-state index in [1.807, 2.05) is 0 Å². The fourth-order valence-electron chi connectivity index (χ4n) is 1.37. The number of pyridine rings is 2. The van der Waals surface area contributed by atoms with Gasteiger partial charge in [-0.2, -0.15) is 0 Å². The van der Waals surface area contributed by atoms with Crippen LogP contribution in [0.4, 0.5) is 11.5 Å². The molecule has 19 heavy (non-hydrogen) atoms. The average molecular weight is 280 g/mol. The summed E-state index contributed by atoms with van der Waals surface area (Å²) in [7, 11) is -2.23. The summed E-state index contributed by atoms with van der Waals surface area (Å²) in [6.07, 6.45) is 2.69. The molecule has 0 amide bonds. The fraction of sp³-hybridized carbons (Fsp3) is 0.0909. The molecule has 3 N–H and O–H groups in total. The van der Waals surface area contributed by atoms with Crippen LogP contribution in [-0.2, 0) is 10.0 Å². The van der Waals surface area contributed by atoms with Gasteiger partial charge in [0.1, 0.15) is 5.82 Å². The van der Waals surface area contributed by atoms with Gasteiger partial charge in [-0.3, -0.25) is 4.72 Å². The minimum atomic E-state index is -3.71. The predicted octanol–water partition coefficient (Wildman–Crippen LogP) is 0.868. The van der Waals surface area contributed by atoms with Crippen molar-refractivity contribution in [2.24, 2.45) is 0 Å². The molecule has 0 saturated carbocycles. The summed E-state index contributed by atoms with van der Waals surface area (Å²) in [6, 6.07) is 5.74. The molecule has 8 heteroatoms. The van der Waals surface area contributed by atoms with Crippen molar-refractivity contribution in [2.75, 3.05) is 17.6 Å². The summed E-state index contributed by atoms with van der Waals surface area (Å²) in [4.78, 5) is 7.68. The van der Waals surface area contributed by atoms with Gasteiger partial charge >= 0.3 is 0 Å². The Balaban J connectivity index is 2.25. The zero-order chi connectivity index (χ0) is 13.9. The van der Waals surface area contributed by atoms with Gasteiger partial charge in [0.25, 0.3) is 10.0 Å². The fourth-order valence-corrected chi connectivity index (χ4v) is 2.44. The number of rotatable bonds is 4. The standard InChI is InChI=1S/C11H12N4O3S/c1-18-11-3-2-8(7-14-11)15-19(16,17)9-4-5-13-10(12)6-9/h2-7,15H,1H3,(H2,12,13). The van der Waals surface area contributed by atoms with E-state index in [1.165, 1.54) is 31.6 Å². The SMILES string of the molecule is COc1ccc(NS(=O)(=O)c2ccnc(N)c2)cn1. The lowest BCUT2D eigenvalue weighted by Crippen LogP contribution is -2.13. The average Bonchev–Trinajstić information content (AvgIpc) is 2.39. The van der Waals surface area contributed by atoms with Crippen LogP contribution in [0, 0.1) is 0 Å². The van der Waals surface area contributed by atoms with E-state index in [0.717, 1.165) is 0 Å². The molecule has 0 aliphatic heterocycles. The maximum Gasteiger partial charge on any atom is 0.262 e. The van der Waals surface area contributed by atoms with Crippen LogP contribution in [0.15, 0.2) is 41.6 Å². The van der Waals surface area contributed by atoms with Crippen molar-refractivity contribution in [3.05, 3.63) is 36.7 Å². The van der Waals surface area contributed by atoms with Crippen molar-refractivity contribution in [3.8, 4) is 5.88 Å². The smallest absolute Gasteiger partial charge is 0.262 e. The molecular weight excluding hydrogens is 268 g/mol. The molecule has 0 fully saturated rings. The molecular formula is C11H12N4O3S. The zero-order valence-corrected chi connectivity index (χ0v) is 10.9. The molecule has 7 nitrogen and oxygen atoms in total. The Hall–Kier alpha value is -2.35. The third kappa shape index (κ3) is 3.10. The molecule has 2 aromatic rings. The van der Waals surface area contributed by atoms with Gasteiger partial charge in [-0.1, -0.05) is 0 Å². The number of nitrogens with zero attached hydrogens (tertiary/aromatic N) is 2. The number of methoxy groups -OCH3 is 1. The summed E-state index contributed by atoms with van der Waals surface area (Å²) in [6.45, 7) is 0. The predicted molar refractivity (Wildman–Crippen MR) is 70.2 cm³/mol. The first-order chi connectivity index (χ1) is 9.01. The van der Waals surface area contributed by atoms with Gasteiger partial charge in [-0.05, 0) is 12.1 Å². The first kappa shape index (κ1) is 13.1. The topological polar surface area (TPSA) is 107 Å². The maximum absolute atomic E-state index is 12.1. The van der Waals surface area contributed by atoms with E-state index in [0.29, 0.717) is 11.6 Å². The second kappa shape index (κ2) is 5.11. The van der Waals surface area contributed by atoms with E-state index in [1.54, 1.807) is 12.1 Å². The van der Waals surface area contributed by atoms with E-state index < -0.39 is 10.0 Å². The molecule has 2 rings (SSSR count). The minimum Gasteiger partial charge on any atom is -0.481 e. The van der Waals surface area contributed by atoms with Gasteiger partial charge in [-0.25, -0.2) is 18.4 Å². The number of nitrogens with two attached hydrogens (primary N) is 1. The molecule has 2 heterocycles. The van der Waals surface area contributed by atoms with Gasteiger partial charge in [0.05, 0.1) is 23.9 Å². The monoisotopic (exact) mass is 280 g/mol. The van der Waals surface area contributed by atoms with E-state index in [-0.39, 0.29) is 10.7 Å². The molecule has 0 saturated heterocycles. The molecule has 0 atom stereocenters. The number of nitrogen functional groups attached to an aromatic ring is 1. The van der Waals surface area contributed by atoms with E-state index >= 15 is 0 Å². The summed E-state index contributed by atoms with van der Waals surface area (Å²) in [5, 5.41) is 0. The highest BCUT2D eigenvalue weighted by Crippen LogP contribution is 2.17. The third-order valence-corrected chi connectivity index (χ3v) is 3.64. The highest BCUT2D eigenvalue weighted by atomic mass is 32.2. The van der Waals surface area contributed by atoms with Crippen molar-refractivity contribution in [2.45, 2.75) is 4.90 Å². The maximum atomic E-state index is 12.1. The Labute approximate surface area is 110 Å². The molecule has 100 valence electrons. The summed E-state index contributed by atoms with van der Waals surface area (Å²) < 4.78 is 31.4. The van der Waals surface area contributed by atoms with E-state index in [9.17, 15) is 8.42 Å². The Morgan fingerprint density at radius 3 is 2.63 bits per heavy atom. The summed E-state index contributed by atoms with van der Waals surface area (Å²) in [5.74, 6) is 0.534. The van der Waals surface area contributed by atoms with Crippen molar-refractivity contribution in [1.29, 1.82) is 0 Å². The molecule has 0 spiro atoms. The van der Waals surface area contributed by atoms with E-state index in [2.05, 4.69) is 14.7 Å². The number of anilines is 2. The van der Waals surface area contributed by atoms with Gasteiger partial charge in [0.2, 0.25) is 5.88 Å². The largest absolute Gasteiger partial charge is 0.481 e. The number of ether oxygens (including phenoxy) is 1. The van der Waals surface area contributed by atoms with Crippen LogP contribution in [0.3, 0.4) is 0 Å². The second-order valence-corrected chi connectivity index (χ2v) is 5.29. The first-order valence-electron chi connectivity index (χ1n) is 5.25. The van der Waals surface area contributed by atoms with Gasteiger partial charge < -0.3 is 10.5 Å². The number of nitrogens with one attached hydrogen (secondary N) is 1. The van der Waals surface area contributed by atoms with Crippen LogP contribution >= 0.6 is 0 Å². The molecule has 0 unspecified atom stereocenters. The number of sulfonamides is 1. The summed E-state index contributed by atoms with van der Waals surface area (Å²) >= 11 is 0. The lowest BCUT2D eigenvalue weighted by Gasteiger charge is -2.08. The first-order valence-corrected chi connectivity index (χ1v) is 6.74. The zero-order valence-electron chi connectivity index (χ0n) is 10.1. The Bertz CT molecular complexity index is 671. The van der Waals surface area contributed by atoms with E-state index in [4.69, 9.17) is 10.5 Å². The van der Waals surface area contributed by atoms with Crippen LogP contribution in [0.1, 0.15) is 0 Å². The Kier molecular flexibility index (Phi) is 3.52. The van der Waals surface area contributed by atoms with Crippen molar-refractivity contribution in [1.82, 2.24) is 9.97 Å². The molecule has 0 bridgehead atoms. The number of aromatic nitrogens is 2. The highest BCUT2D eigenvalue weighted by Gasteiger charge is 2.14. The van der Waals surface area contributed by atoms with Crippen molar-refractivity contribution in [3.63, 3.8) is 0 Å². The van der Waals surface area contributed by atoms with Crippen molar-refractivity contribution < 1.29 is 13.2 Å². The molecule has 0 radical (unpaired) electrons. The lowest BCUT2D eigenvalue weighted by molar-refractivity contribution is 0.398. The third-order valence-electron chi connectivity index (χ3n) is 2.26. The minimum absolute atomic E-state index is 0.0378. The Morgan fingerprint density at radius 2 is 2.05 bits per heavy atom. The second-order valence-electron chi connectivity index (χ2n) is 3.61. The number of hydrogen-bond acceptors (Lipinski definition) is 6. The van der Waals surface area contributed by atoms with Crippen LogP contribution in [-0.4, -0.2) is 25.5 Å². The lowest BCUT2D eigenvalue weighted by atomic mass is 10.4. The molecule has 0 aromatic carbocycles. The normalized spacial score (nSPS) is 11.0. The van der Waals surface area contributed by atoms with Gasteiger partial charge in [-0.15, -0.1) is 0 Å². The van der Waals surface area contributed by atoms with Crippen LogP contribution in [0.5, 0.6) is 5.88 Å².